The fraction of sp³-hybridized carbons (Fsp3) is 0.562. The molecule has 1 aliphatic carbocycles. The van der Waals surface area contributed by atoms with E-state index in [0.29, 0.717) is 31.8 Å². The van der Waals surface area contributed by atoms with Crippen LogP contribution in [0.4, 0.5) is 4.39 Å². The molecule has 3 rings (SSSR count). The van der Waals surface area contributed by atoms with Gasteiger partial charge in [-0.05, 0) is 43.4 Å². The lowest BCUT2D eigenvalue weighted by Crippen LogP contribution is -2.39. The van der Waals surface area contributed by atoms with Crippen molar-refractivity contribution in [2.45, 2.75) is 37.1 Å². The Morgan fingerprint density at radius 3 is 2.57 bits per heavy atom. The van der Waals surface area contributed by atoms with Crippen LogP contribution in [0.2, 0.25) is 0 Å². The highest BCUT2D eigenvalue weighted by Crippen LogP contribution is 2.35. The third-order valence-corrected chi connectivity index (χ3v) is 4.39. The Hall–Kier alpha value is -1.62. The van der Waals surface area contributed by atoms with Crippen LogP contribution in [-0.4, -0.2) is 31.8 Å². The molecular formula is C16H22FN3O. The van der Waals surface area contributed by atoms with E-state index in [1.165, 1.54) is 25.0 Å². The zero-order valence-corrected chi connectivity index (χ0v) is 12.1. The Kier molecular flexibility index (Phi) is 4.10. The van der Waals surface area contributed by atoms with E-state index in [0.717, 1.165) is 18.4 Å². The van der Waals surface area contributed by atoms with E-state index in [4.69, 9.17) is 10.5 Å². The first-order valence-electron chi connectivity index (χ1n) is 7.58. The minimum Gasteiger partial charge on any atom is -0.381 e. The summed E-state index contributed by atoms with van der Waals surface area (Å²) in [5.74, 6) is 0.310. The summed E-state index contributed by atoms with van der Waals surface area (Å²) >= 11 is 0. The highest BCUT2D eigenvalue weighted by atomic mass is 19.1. The lowest BCUT2D eigenvalue weighted by molar-refractivity contribution is 0.0531. The molecule has 0 aromatic heterocycles. The molecule has 5 heteroatoms. The predicted octanol–water partition coefficient (Wildman–Crippen LogP) is 1.94. The number of hydrogen-bond donors (Lipinski definition) is 2. The van der Waals surface area contributed by atoms with Crippen molar-refractivity contribution in [2.75, 3.05) is 19.8 Å². The number of aliphatic imine (C=N–C) groups is 1. The van der Waals surface area contributed by atoms with Crippen molar-refractivity contribution in [3.05, 3.63) is 35.6 Å². The summed E-state index contributed by atoms with van der Waals surface area (Å²) in [4.78, 5) is 4.53. The topological polar surface area (TPSA) is 59.6 Å². The number of rotatable bonds is 4. The molecule has 1 heterocycles. The molecule has 1 saturated carbocycles. The molecule has 0 unspecified atom stereocenters. The van der Waals surface area contributed by atoms with Crippen LogP contribution in [0, 0.1) is 5.82 Å². The van der Waals surface area contributed by atoms with Crippen LogP contribution in [0.5, 0.6) is 0 Å². The highest BCUT2D eigenvalue weighted by molar-refractivity contribution is 5.78. The van der Waals surface area contributed by atoms with Gasteiger partial charge in [-0.25, -0.2) is 4.39 Å². The van der Waals surface area contributed by atoms with E-state index in [1.54, 1.807) is 0 Å². The standard InChI is InChI=1S/C16H22FN3O/c17-13-3-1-12(2-4-13)16(7-9-21-10-8-16)11-19-15(18)20-14-5-6-14/h1-4,14H,5-11H2,(H3,18,19,20). The number of ether oxygens (including phenoxy) is 1. The quantitative estimate of drug-likeness (QED) is 0.658. The largest absolute Gasteiger partial charge is 0.381 e. The van der Waals surface area contributed by atoms with E-state index in [2.05, 4.69) is 10.3 Å². The Balaban J connectivity index is 1.77. The lowest BCUT2D eigenvalue weighted by Gasteiger charge is -2.36. The number of halogens is 1. The van der Waals surface area contributed by atoms with Gasteiger partial charge >= 0.3 is 0 Å². The molecule has 1 aromatic rings. The van der Waals surface area contributed by atoms with Crippen LogP contribution in [0.15, 0.2) is 29.3 Å². The number of benzene rings is 1. The van der Waals surface area contributed by atoms with Crippen molar-refractivity contribution in [3.63, 3.8) is 0 Å². The smallest absolute Gasteiger partial charge is 0.188 e. The molecule has 0 radical (unpaired) electrons. The first kappa shape index (κ1) is 14.3. The van der Waals surface area contributed by atoms with Crippen molar-refractivity contribution in [1.82, 2.24) is 5.32 Å². The minimum absolute atomic E-state index is 0.0954. The molecule has 2 aliphatic rings. The number of nitrogens with two attached hydrogens (primary N) is 1. The summed E-state index contributed by atoms with van der Waals surface area (Å²) in [7, 11) is 0. The van der Waals surface area contributed by atoms with Crippen molar-refractivity contribution in [3.8, 4) is 0 Å². The van der Waals surface area contributed by atoms with Gasteiger partial charge in [-0.15, -0.1) is 0 Å². The minimum atomic E-state index is -0.209. The molecule has 0 atom stereocenters. The third-order valence-electron chi connectivity index (χ3n) is 4.39. The second kappa shape index (κ2) is 6.02. The van der Waals surface area contributed by atoms with E-state index >= 15 is 0 Å². The van der Waals surface area contributed by atoms with Crippen molar-refractivity contribution in [1.29, 1.82) is 0 Å². The summed E-state index contributed by atoms with van der Waals surface area (Å²) in [5, 5.41) is 3.21. The average molecular weight is 291 g/mol. The van der Waals surface area contributed by atoms with E-state index in [1.807, 2.05) is 12.1 Å². The molecule has 4 nitrogen and oxygen atoms in total. The number of nitrogens with one attached hydrogen (secondary N) is 1. The fourth-order valence-corrected chi connectivity index (χ4v) is 2.82. The van der Waals surface area contributed by atoms with Gasteiger partial charge < -0.3 is 15.8 Å². The van der Waals surface area contributed by atoms with Gasteiger partial charge in [-0.1, -0.05) is 12.1 Å². The number of nitrogens with zero attached hydrogens (tertiary/aromatic N) is 1. The Morgan fingerprint density at radius 2 is 1.95 bits per heavy atom. The van der Waals surface area contributed by atoms with Crippen molar-refractivity contribution in [2.24, 2.45) is 10.7 Å². The second-order valence-electron chi connectivity index (χ2n) is 6.02. The van der Waals surface area contributed by atoms with Gasteiger partial charge in [0.1, 0.15) is 5.82 Å². The van der Waals surface area contributed by atoms with Gasteiger partial charge in [0.25, 0.3) is 0 Å². The zero-order valence-electron chi connectivity index (χ0n) is 12.1. The monoisotopic (exact) mass is 291 g/mol. The molecule has 0 spiro atoms. The van der Waals surface area contributed by atoms with Gasteiger partial charge in [-0.2, -0.15) is 0 Å². The van der Waals surface area contributed by atoms with Crippen LogP contribution in [-0.2, 0) is 10.2 Å². The first-order valence-corrected chi connectivity index (χ1v) is 7.58. The maximum absolute atomic E-state index is 13.2. The summed E-state index contributed by atoms with van der Waals surface area (Å²) in [6.07, 6.45) is 4.12. The molecule has 0 amide bonds. The SMILES string of the molecule is NC(=NCC1(c2ccc(F)cc2)CCOCC1)NC1CC1. The molecule has 3 N–H and O–H groups in total. The molecule has 1 saturated heterocycles. The highest BCUT2D eigenvalue weighted by Gasteiger charge is 2.34. The molecule has 2 fully saturated rings. The third kappa shape index (κ3) is 3.53. The second-order valence-corrected chi connectivity index (χ2v) is 6.02. The van der Waals surface area contributed by atoms with Crippen LogP contribution < -0.4 is 11.1 Å². The average Bonchev–Trinajstić information content (AvgIpc) is 3.31. The predicted molar refractivity (Wildman–Crippen MR) is 80.8 cm³/mol. The molecular weight excluding hydrogens is 269 g/mol. The van der Waals surface area contributed by atoms with Gasteiger partial charge in [0.15, 0.2) is 5.96 Å². The maximum atomic E-state index is 13.2. The van der Waals surface area contributed by atoms with E-state index < -0.39 is 0 Å². The van der Waals surface area contributed by atoms with Crippen molar-refractivity contribution < 1.29 is 9.13 Å². The van der Waals surface area contributed by atoms with Gasteiger partial charge in [-0.3, -0.25) is 4.99 Å². The van der Waals surface area contributed by atoms with Gasteiger partial charge in [0.05, 0.1) is 6.54 Å². The first-order chi connectivity index (χ1) is 10.2. The Bertz CT molecular complexity index is 505. The normalized spacial score (nSPS) is 22.0. The van der Waals surface area contributed by atoms with Gasteiger partial charge in [0.2, 0.25) is 0 Å². The maximum Gasteiger partial charge on any atom is 0.188 e. The van der Waals surface area contributed by atoms with Crippen LogP contribution >= 0.6 is 0 Å². The van der Waals surface area contributed by atoms with Crippen LogP contribution in [0.25, 0.3) is 0 Å². The molecule has 1 aliphatic heterocycles. The van der Waals surface area contributed by atoms with Crippen LogP contribution in [0.3, 0.4) is 0 Å². The summed E-state index contributed by atoms with van der Waals surface area (Å²) in [6.45, 7) is 2.04. The van der Waals surface area contributed by atoms with Crippen molar-refractivity contribution >= 4 is 5.96 Å². The van der Waals surface area contributed by atoms with Gasteiger partial charge in [0, 0.05) is 24.7 Å². The lowest BCUT2D eigenvalue weighted by atomic mass is 9.74. The fourth-order valence-electron chi connectivity index (χ4n) is 2.82. The Labute approximate surface area is 124 Å². The number of guanidine groups is 1. The summed E-state index contributed by atoms with van der Waals surface area (Å²) in [5.41, 5.74) is 6.97. The molecule has 21 heavy (non-hydrogen) atoms. The molecule has 0 bridgehead atoms. The van der Waals surface area contributed by atoms with E-state index in [9.17, 15) is 4.39 Å². The Morgan fingerprint density at radius 1 is 1.29 bits per heavy atom. The number of hydrogen-bond acceptors (Lipinski definition) is 2. The zero-order chi connectivity index (χ0) is 14.7. The summed E-state index contributed by atoms with van der Waals surface area (Å²) < 4.78 is 18.6. The van der Waals surface area contributed by atoms with E-state index in [-0.39, 0.29) is 11.2 Å². The molecule has 1 aromatic carbocycles. The summed E-state index contributed by atoms with van der Waals surface area (Å²) in [6, 6.07) is 7.26. The van der Waals surface area contributed by atoms with Crippen LogP contribution in [0.1, 0.15) is 31.2 Å². The molecule has 114 valence electrons.